The van der Waals surface area contributed by atoms with Crippen molar-refractivity contribution in [2.45, 2.75) is 29.7 Å². The van der Waals surface area contributed by atoms with E-state index >= 15 is 0 Å². The number of aromatic amines is 1. The van der Waals surface area contributed by atoms with Crippen molar-refractivity contribution < 1.29 is 18.3 Å². The predicted molar refractivity (Wildman–Crippen MR) is 146 cm³/mol. The Kier molecular flexibility index (Phi) is 7.20. The van der Waals surface area contributed by atoms with Crippen LogP contribution in [0.15, 0.2) is 101 Å². The van der Waals surface area contributed by atoms with Crippen LogP contribution in [0.3, 0.4) is 0 Å². The summed E-state index contributed by atoms with van der Waals surface area (Å²) in [5.41, 5.74) is 3.68. The third-order valence-corrected chi connectivity index (χ3v) is 8.22. The molecule has 0 aliphatic carbocycles. The number of carbonyl (C=O) groups is 1. The zero-order valence-corrected chi connectivity index (χ0v) is 21.8. The number of carbonyl (C=O) groups excluding carboxylic acids is 1. The molecule has 0 amide bonds. The lowest BCUT2D eigenvalue weighted by atomic mass is 9.95. The summed E-state index contributed by atoms with van der Waals surface area (Å²) in [6, 6.07) is 25.1. The zero-order valence-electron chi connectivity index (χ0n) is 21.0. The predicted octanol–water partition coefficient (Wildman–Crippen LogP) is 4.81. The number of ketones is 1. The molecule has 0 radical (unpaired) electrons. The fourth-order valence-corrected chi connectivity index (χ4v) is 5.58. The molecule has 0 unspecified atom stereocenters. The van der Waals surface area contributed by atoms with Gasteiger partial charge in [-0.3, -0.25) is 4.79 Å². The van der Waals surface area contributed by atoms with Crippen molar-refractivity contribution in [1.29, 1.82) is 0 Å². The molecule has 5 rings (SSSR count). The summed E-state index contributed by atoms with van der Waals surface area (Å²) in [5, 5.41) is 27.8. The third-order valence-electron chi connectivity index (χ3n) is 6.43. The van der Waals surface area contributed by atoms with Crippen LogP contribution < -0.4 is 5.32 Å². The molecule has 0 saturated heterocycles. The molecule has 10 heteroatoms. The van der Waals surface area contributed by atoms with E-state index in [0.717, 1.165) is 5.56 Å². The second-order valence-electron chi connectivity index (χ2n) is 8.79. The Balaban J connectivity index is 1.30. The summed E-state index contributed by atoms with van der Waals surface area (Å²) >= 11 is 0. The van der Waals surface area contributed by atoms with Gasteiger partial charge in [-0.25, -0.2) is 8.42 Å². The molecule has 9 nitrogen and oxygen atoms in total. The minimum atomic E-state index is -3.72. The van der Waals surface area contributed by atoms with Gasteiger partial charge in [0.15, 0.2) is 5.78 Å². The Morgan fingerprint density at radius 3 is 2.18 bits per heavy atom. The Bertz CT molecular complexity index is 1700. The molecule has 0 spiro atoms. The smallest absolute Gasteiger partial charge is 0.206 e. The maximum atomic E-state index is 13.1. The summed E-state index contributed by atoms with van der Waals surface area (Å²) in [6.07, 6.45) is 0.543. The Morgan fingerprint density at radius 1 is 0.897 bits per heavy atom. The van der Waals surface area contributed by atoms with Crippen LogP contribution in [0.1, 0.15) is 34.0 Å². The molecule has 196 valence electrons. The number of phenols is 1. The van der Waals surface area contributed by atoms with Crippen LogP contribution in [0, 0.1) is 0 Å². The minimum absolute atomic E-state index is 0.0163. The van der Waals surface area contributed by atoms with Gasteiger partial charge in [-0.05, 0) is 77.4 Å². The molecular formula is C29H25N5O4S. The quantitative estimate of drug-likeness (QED) is 0.227. The van der Waals surface area contributed by atoms with Gasteiger partial charge in [-0.15, -0.1) is 10.2 Å². The molecule has 1 heterocycles. The summed E-state index contributed by atoms with van der Waals surface area (Å²) < 4.78 is 26.2. The number of sulfone groups is 1. The average Bonchev–Trinajstić information content (AvgIpc) is 3.52. The number of benzene rings is 4. The number of anilines is 1. The van der Waals surface area contributed by atoms with Crippen LogP contribution in [0.2, 0.25) is 0 Å². The highest BCUT2D eigenvalue weighted by Gasteiger charge is 2.20. The standard InChI is InChI=1S/C29H25N5O4S/c1-2-25-21(10-17-26(28(25)36)27(35)19-6-4-3-5-7-19)18-30-22-11-15-24(16-12-22)39(37,38)23-13-8-20(9-14-23)29-31-33-34-32-29/h3-17,30,36H,2,18H2,1H3,(H,31,32,33,34). The van der Waals surface area contributed by atoms with Crippen molar-refractivity contribution in [3.05, 3.63) is 113 Å². The second-order valence-corrected chi connectivity index (χ2v) is 10.7. The number of tetrazole rings is 1. The van der Waals surface area contributed by atoms with E-state index in [4.69, 9.17) is 0 Å². The van der Waals surface area contributed by atoms with Crippen molar-refractivity contribution in [1.82, 2.24) is 20.6 Å². The first-order valence-electron chi connectivity index (χ1n) is 12.2. The van der Waals surface area contributed by atoms with Gasteiger partial charge in [-0.1, -0.05) is 43.3 Å². The first-order chi connectivity index (χ1) is 18.9. The summed E-state index contributed by atoms with van der Waals surface area (Å²) in [4.78, 5) is 13.2. The molecule has 0 bridgehead atoms. The number of aromatic nitrogens is 4. The monoisotopic (exact) mass is 539 g/mol. The van der Waals surface area contributed by atoms with Gasteiger partial charge in [0, 0.05) is 23.4 Å². The lowest BCUT2D eigenvalue weighted by Gasteiger charge is -2.15. The molecule has 1 aromatic heterocycles. The number of aromatic hydroxyl groups is 1. The lowest BCUT2D eigenvalue weighted by Crippen LogP contribution is -2.08. The number of nitrogens with one attached hydrogen (secondary N) is 2. The Morgan fingerprint density at radius 2 is 1.56 bits per heavy atom. The molecule has 39 heavy (non-hydrogen) atoms. The van der Waals surface area contributed by atoms with Gasteiger partial charge in [0.25, 0.3) is 0 Å². The SMILES string of the molecule is CCc1c(CNc2ccc(S(=O)(=O)c3ccc(-c4nn[nH]n4)cc3)cc2)ccc(C(=O)c2ccccc2)c1O. The Hall–Kier alpha value is -4.83. The van der Waals surface area contributed by atoms with E-state index in [0.29, 0.717) is 41.2 Å². The van der Waals surface area contributed by atoms with E-state index in [1.807, 2.05) is 19.1 Å². The maximum Gasteiger partial charge on any atom is 0.206 e. The van der Waals surface area contributed by atoms with Crippen molar-refractivity contribution in [3.8, 4) is 17.1 Å². The van der Waals surface area contributed by atoms with Gasteiger partial charge in [-0.2, -0.15) is 5.21 Å². The van der Waals surface area contributed by atoms with Crippen LogP contribution >= 0.6 is 0 Å². The summed E-state index contributed by atoms with van der Waals surface area (Å²) in [5.74, 6) is 0.132. The molecule has 0 saturated carbocycles. The Labute approximate surface area is 225 Å². The highest BCUT2D eigenvalue weighted by atomic mass is 32.2. The highest BCUT2D eigenvalue weighted by molar-refractivity contribution is 7.91. The zero-order chi connectivity index (χ0) is 27.4. The number of hydrogen-bond acceptors (Lipinski definition) is 8. The second kappa shape index (κ2) is 10.9. The van der Waals surface area contributed by atoms with Gasteiger partial charge >= 0.3 is 0 Å². The minimum Gasteiger partial charge on any atom is -0.507 e. The fraction of sp³-hybridized carbons (Fsp3) is 0.103. The largest absolute Gasteiger partial charge is 0.507 e. The van der Waals surface area contributed by atoms with Crippen LogP contribution in [-0.2, 0) is 22.8 Å². The van der Waals surface area contributed by atoms with E-state index in [-0.39, 0.29) is 26.9 Å². The normalized spacial score (nSPS) is 11.3. The van der Waals surface area contributed by atoms with E-state index < -0.39 is 9.84 Å². The molecule has 3 N–H and O–H groups in total. The maximum absolute atomic E-state index is 13.1. The van der Waals surface area contributed by atoms with E-state index in [2.05, 4.69) is 25.9 Å². The van der Waals surface area contributed by atoms with Gasteiger partial charge in [0.2, 0.25) is 15.7 Å². The molecule has 0 aliphatic rings. The van der Waals surface area contributed by atoms with Crippen LogP contribution in [0.25, 0.3) is 11.4 Å². The summed E-state index contributed by atoms with van der Waals surface area (Å²) in [6.45, 7) is 2.31. The first-order valence-corrected chi connectivity index (χ1v) is 13.7. The van der Waals surface area contributed by atoms with Crippen molar-refractivity contribution in [2.24, 2.45) is 0 Å². The van der Waals surface area contributed by atoms with Gasteiger partial charge in [0.1, 0.15) is 5.75 Å². The molecule has 0 fully saturated rings. The molecule has 5 aromatic rings. The topological polar surface area (TPSA) is 138 Å². The highest BCUT2D eigenvalue weighted by Crippen LogP contribution is 2.30. The first kappa shape index (κ1) is 25.8. The van der Waals surface area contributed by atoms with Gasteiger partial charge < -0.3 is 10.4 Å². The van der Waals surface area contributed by atoms with Crippen molar-refractivity contribution in [2.75, 3.05) is 5.32 Å². The number of phenolic OH excluding ortho intramolecular Hbond substituents is 1. The lowest BCUT2D eigenvalue weighted by molar-refractivity contribution is 0.103. The van der Waals surface area contributed by atoms with Crippen LogP contribution in [0.4, 0.5) is 5.69 Å². The van der Waals surface area contributed by atoms with Gasteiger partial charge in [0.05, 0.1) is 15.4 Å². The molecule has 0 atom stereocenters. The van der Waals surface area contributed by atoms with E-state index in [1.54, 1.807) is 66.7 Å². The number of nitrogens with zero attached hydrogens (tertiary/aromatic N) is 3. The van der Waals surface area contributed by atoms with Crippen LogP contribution in [-0.4, -0.2) is 39.9 Å². The van der Waals surface area contributed by atoms with Crippen LogP contribution in [0.5, 0.6) is 5.75 Å². The van der Waals surface area contributed by atoms with Crippen molar-refractivity contribution in [3.63, 3.8) is 0 Å². The number of H-pyrrole nitrogens is 1. The number of hydrogen-bond donors (Lipinski definition) is 3. The molecular weight excluding hydrogens is 514 g/mol. The average molecular weight is 540 g/mol. The molecule has 0 aliphatic heterocycles. The van der Waals surface area contributed by atoms with Crippen molar-refractivity contribution >= 4 is 21.3 Å². The fourth-order valence-electron chi connectivity index (χ4n) is 4.32. The van der Waals surface area contributed by atoms with E-state index in [1.165, 1.54) is 12.1 Å². The number of rotatable bonds is 9. The summed E-state index contributed by atoms with van der Waals surface area (Å²) in [7, 11) is -3.72. The third kappa shape index (κ3) is 5.27. The van der Waals surface area contributed by atoms with E-state index in [9.17, 15) is 18.3 Å². The molecule has 4 aromatic carbocycles.